The molecule has 1 amide bonds. The molecule has 0 aliphatic heterocycles. The van der Waals surface area contributed by atoms with Crippen LogP contribution in [0.4, 0.5) is 5.82 Å². The summed E-state index contributed by atoms with van der Waals surface area (Å²) in [5, 5.41) is 10.5. The van der Waals surface area contributed by atoms with Gasteiger partial charge in [-0.1, -0.05) is 0 Å². The highest BCUT2D eigenvalue weighted by Crippen LogP contribution is 2.22. The van der Waals surface area contributed by atoms with Gasteiger partial charge in [-0.25, -0.2) is 0 Å². The van der Waals surface area contributed by atoms with E-state index in [1.165, 1.54) is 0 Å². The number of rotatable bonds is 9. The molecule has 0 unspecified atom stereocenters. The highest BCUT2D eigenvalue weighted by molar-refractivity contribution is 5.81. The molecule has 0 bridgehead atoms. The first-order valence-electron chi connectivity index (χ1n) is 7.22. The zero-order valence-corrected chi connectivity index (χ0v) is 13.7. The fourth-order valence-corrected chi connectivity index (χ4v) is 2.27. The van der Waals surface area contributed by atoms with Gasteiger partial charge in [0.2, 0.25) is 5.91 Å². The molecule has 7 nitrogen and oxygen atoms in total. The van der Waals surface area contributed by atoms with E-state index in [1.807, 2.05) is 30.5 Å². The lowest BCUT2D eigenvalue weighted by atomic mass is 10.2. The third kappa shape index (κ3) is 4.71. The summed E-state index contributed by atoms with van der Waals surface area (Å²) in [4.78, 5) is 13.7. The van der Waals surface area contributed by atoms with Crippen LogP contribution in [0.3, 0.4) is 0 Å². The molecular weight excluding hydrogens is 270 g/mol. The molecule has 0 aromatic carbocycles. The number of aryl methyl sites for hydroxylation is 2. The van der Waals surface area contributed by atoms with Crippen LogP contribution in [0.5, 0.6) is 0 Å². The van der Waals surface area contributed by atoms with Crippen LogP contribution in [0.25, 0.3) is 0 Å². The Morgan fingerprint density at radius 3 is 2.76 bits per heavy atom. The van der Waals surface area contributed by atoms with E-state index in [4.69, 9.17) is 4.74 Å². The Hall–Kier alpha value is -1.60. The quantitative estimate of drug-likeness (QED) is 0.630. The van der Waals surface area contributed by atoms with Gasteiger partial charge in [-0.2, -0.15) is 5.10 Å². The zero-order valence-electron chi connectivity index (χ0n) is 13.7. The van der Waals surface area contributed by atoms with E-state index in [2.05, 4.69) is 15.7 Å². The minimum atomic E-state index is -0.00556. The van der Waals surface area contributed by atoms with Crippen molar-refractivity contribution in [1.82, 2.24) is 20.4 Å². The van der Waals surface area contributed by atoms with Crippen molar-refractivity contribution in [2.24, 2.45) is 7.05 Å². The molecule has 0 saturated heterocycles. The number of carbonyl (C=O) groups is 1. The van der Waals surface area contributed by atoms with E-state index in [1.54, 1.807) is 14.2 Å². The minimum absolute atomic E-state index is 0.00556. The van der Waals surface area contributed by atoms with Gasteiger partial charge in [-0.05, 0) is 13.8 Å². The standard InChI is InChI=1S/C14H27N5O2/c1-6-19(10-13(20)15-3)14-12(9-16-7-8-21-5)11(2)17-18(14)4/h16H,6-10H2,1-5H3,(H,15,20). The van der Waals surface area contributed by atoms with Crippen LogP contribution in [0.15, 0.2) is 0 Å². The number of amides is 1. The van der Waals surface area contributed by atoms with E-state index >= 15 is 0 Å². The maximum absolute atomic E-state index is 11.7. The van der Waals surface area contributed by atoms with Crippen LogP contribution in [-0.4, -0.2) is 56.1 Å². The average Bonchev–Trinajstić information content (AvgIpc) is 2.75. The Morgan fingerprint density at radius 2 is 2.19 bits per heavy atom. The van der Waals surface area contributed by atoms with Crippen LogP contribution in [0, 0.1) is 6.92 Å². The van der Waals surface area contributed by atoms with Gasteiger partial charge in [-0.15, -0.1) is 0 Å². The lowest BCUT2D eigenvalue weighted by Gasteiger charge is -2.23. The molecule has 0 aliphatic carbocycles. The number of nitrogens with zero attached hydrogens (tertiary/aromatic N) is 3. The summed E-state index contributed by atoms with van der Waals surface area (Å²) in [5.74, 6) is 0.984. The Balaban J connectivity index is 2.90. The first-order chi connectivity index (χ1) is 10.0. The van der Waals surface area contributed by atoms with Crippen molar-refractivity contribution in [2.45, 2.75) is 20.4 Å². The molecule has 1 rings (SSSR count). The average molecular weight is 297 g/mol. The second-order valence-electron chi connectivity index (χ2n) is 4.87. The molecule has 0 fully saturated rings. The topological polar surface area (TPSA) is 71.4 Å². The lowest BCUT2D eigenvalue weighted by molar-refractivity contribution is -0.119. The van der Waals surface area contributed by atoms with Crippen molar-refractivity contribution in [3.63, 3.8) is 0 Å². The number of ether oxygens (including phenoxy) is 1. The summed E-state index contributed by atoms with van der Waals surface area (Å²) in [6, 6.07) is 0. The zero-order chi connectivity index (χ0) is 15.8. The van der Waals surface area contributed by atoms with Gasteiger partial charge in [0.25, 0.3) is 0 Å². The third-order valence-electron chi connectivity index (χ3n) is 3.39. The SMILES string of the molecule is CCN(CC(=O)NC)c1c(CNCCOC)c(C)nn1C. The monoisotopic (exact) mass is 297 g/mol. The van der Waals surface area contributed by atoms with Crippen LogP contribution < -0.4 is 15.5 Å². The summed E-state index contributed by atoms with van der Waals surface area (Å²) in [6.45, 7) is 7.27. The minimum Gasteiger partial charge on any atom is -0.383 e. The molecule has 0 radical (unpaired) electrons. The van der Waals surface area contributed by atoms with Gasteiger partial charge in [0.15, 0.2) is 0 Å². The van der Waals surface area contributed by atoms with Crippen molar-refractivity contribution in [2.75, 3.05) is 45.3 Å². The maximum atomic E-state index is 11.7. The molecule has 1 aromatic rings. The van der Waals surface area contributed by atoms with Gasteiger partial charge >= 0.3 is 0 Å². The molecule has 0 atom stereocenters. The van der Waals surface area contributed by atoms with Gasteiger partial charge in [0.1, 0.15) is 5.82 Å². The van der Waals surface area contributed by atoms with Crippen LogP contribution in [-0.2, 0) is 23.1 Å². The molecular formula is C14H27N5O2. The van der Waals surface area contributed by atoms with Crippen molar-refractivity contribution < 1.29 is 9.53 Å². The second kappa shape index (κ2) is 8.63. The fraction of sp³-hybridized carbons (Fsp3) is 0.714. The lowest BCUT2D eigenvalue weighted by Crippen LogP contribution is -2.37. The number of hydrogen-bond donors (Lipinski definition) is 2. The van der Waals surface area contributed by atoms with E-state index in [-0.39, 0.29) is 5.91 Å². The third-order valence-corrected chi connectivity index (χ3v) is 3.39. The van der Waals surface area contributed by atoms with E-state index in [9.17, 15) is 4.79 Å². The number of methoxy groups -OCH3 is 1. The first-order valence-corrected chi connectivity index (χ1v) is 7.22. The van der Waals surface area contributed by atoms with Gasteiger partial charge in [0.05, 0.1) is 18.8 Å². The molecule has 120 valence electrons. The van der Waals surface area contributed by atoms with Crippen LogP contribution in [0.2, 0.25) is 0 Å². The smallest absolute Gasteiger partial charge is 0.239 e. The normalized spacial score (nSPS) is 10.7. The van der Waals surface area contributed by atoms with Crippen molar-refractivity contribution in [3.05, 3.63) is 11.3 Å². The van der Waals surface area contributed by atoms with E-state index < -0.39 is 0 Å². The Kier molecular flexibility index (Phi) is 7.18. The fourth-order valence-electron chi connectivity index (χ4n) is 2.27. The van der Waals surface area contributed by atoms with Crippen LogP contribution >= 0.6 is 0 Å². The Morgan fingerprint density at radius 1 is 1.48 bits per heavy atom. The van der Waals surface area contributed by atoms with Crippen molar-refractivity contribution in [3.8, 4) is 0 Å². The predicted octanol–water partition coefficient (Wildman–Crippen LogP) is 0.0368. The largest absolute Gasteiger partial charge is 0.383 e. The molecule has 1 aromatic heterocycles. The summed E-state index contributed by atoms with van der Waals surface area (Å²) < 4.78 is 6.88. The number of nitrogens with one attached hydrogen (secondary N) is 2. The number of likely N-dealkylation sites (N-methyl/N-ethyl adjacent to an activating group) is 2. The Labute approximate surface area is 126 Å². The van der Waals surface area contributed by atoms with Gasteiger partial charge < -0.3 is 20.3 Å². The number of hydrogen-bond acceptors (Lipinski definition) is 5. The molecule has 7 heteroatoms. The summed E-state index contributed by atoms with van der Waals surface area (Å²) in [6.07, 6.45) is 0. The van der Waals surface area contributed by atoms with Crippen molar-refractivity contribution >= 4 is 11.7 Å². The molecule has 2 N–H and O–H groups in total. The predicted molar refractivity (Wildman–Crippen MR) is 83.5 cm³/mol. The maximum Gasteiger partial charge on any atom is 0.239 e. The molecule has 0 saturated carbocycles. The number of aromatic nitrogens is 2. The summed E-state index contributed by atoms with van der Waals surface area (Å²) >= 11 is 0. The van der Waals surface area contributed by atoms with Crippen molar-refractivity contribution in [1.29, 1.82) is 0 Å². The Bertz CT molecular complexity index is 458. The molecule has 0 aliphatic rings. The van der Waals surface area contributed by atoms with Gasteiger partial charge in [-0.3, -0.25) is 9.48 Å². The molecule has 0 spiro atoms. The number of anilines is 1. The second-order valence-corrected chi connectivity index (χ2v) is 4.87. The van der Waals surface area contributed by atoms with E-state index in [0.717, 1.165) is 30.2 Å². The first kappa shape index (κ1) is 17.5. The van der Waals surface area contributed by atoms with Gasteiger partial charge in [0, 0.05) is 46.4 Å². The number of carbonyl (C=O) groups excluding carboxylic acids is 1. The highest BCUT2D eigenvalue weighted by Gasteiger charge is 2.19. The van der Waals surface area contributed by atoms with E-state index in [0.29, 0.717) is 19.7 Å². The molecule has 21 heavy (non-hydrogen) atoms. The summed E-state index contributed by atoms with van der Waals surface area (Å²) in [7, 11) is 5.25. The molecule has 1 heterocycles. The summed E-state index contributed by atoms with van der Waals surface area (Å²) in [5.41, 5.74) is 2.10. The highest BCUT2D eigenvalue weighted by atomic mass is 16.5. The van der Waals surface area contributed by atoms with Crippen LogP contribution in [0.1, 0.15) is 18.2 Å².